The van der Waals surface area contributed by atoms with Crippen molar-refractivity contribution in [3.63, 3.8) is 0 Å². The van der Waals surface area contributed by atoms with Crippen molar-refractivity contribution in [3.05, 3.63) is 52.1 Å². The number of carbonyl (C=O) groups is 1. The second-order valence-electron chi connectivity index (χ2n) is 9.56. The van der Waals surface area contributed by atoms with Crippen LogP contribution in [-0.4, -0.2) is 50.7 Å². The molecule has 2 aliphatic heterocycles. The van der Waals surface area contributed by atoms with Gasteiger partial charge >= 0.3 is 0 Å². The van der Waals surface area contributed by atoms with Crippen LogP contribution in [0.5, 0.6) is 11.5 Å². The predicted molar refractivity (Wildman–Crippen MR) is 126 cm³/mol. The van der Waals surface area contributed by atoms with Crippen LogP contribution in [0, 0.1) is 6.92 Å². The van der Waals surface area contributed by atoms with Crippen LogP contribution >= 0.6 is 0 Å². The number of hydrogen-bond donors (Lipinski definition) is 2. The molecule has 2 heterocycles. The van der Waals surface area contributed by atoms with E-state index in [1.807, 2.05) is 13.0 Å². The van der Waals surface area contributed by atoms with E-state index in [0.29, 0.717) is 18.2 Å². The van der Waals surface area contributed by atoms with Crippen LogP contribution in [0.1, 0.15) is 58.3 Å². The Morgan fingerprint density at radius 2 is 2.00 bits per heavy atom. The summed E-state index contributed by atoms with van der Waals surface area (Å²) in [5.74, 6) is 1.20. The molecule has 1 aliphatic carbocycles. The maximum atomic E-state index is 12.3. The van der Waals surface area contributed by atoms with Gasteiger partial charge in [0.25, 0.3) is 0 Å². The van der Waals surface area contributed by atoms with Gasteiger partial charge in [-0.3, -0.25) is 9.69 Å². The van der Waals surface area contributed by atoms with Crippen molar-refractivity contribution in [3.8, 4) is 11.5 Å². The number of hydrogen-bond acceptors (Lipinski definition) is 5. The van der Waals surface area contributed by atoms with Gasteiger partial charge in [-0.2, -0.15) is 0 Å². The lowest BCUT2D eigenvalue weighted by molar-refractivity contribution is 0.0767. The van der Waals surface area contributed by atoms with E-state index in [-0.39, 0.29) is 5.41 Å². The van der Waals surface area contributed by atoms with E-state index in [4.69, 9.17) is 15.2 Å². The molecule has 0 aromatic heterocycles. The van der Waals surface area contributed by atoms with Gasteiger partial charge in [0.2, 0.25) is 5.91 Å². The molecule has 2 aromatic rings. The summed E-state index contributed by atoms with van der Waals surface area (Å²) in [6.07, 6.45) is 5.40. The minimum absolute atomic E-state index is 0.126. The van der Waals surface area contributed by atoms with E-state index in [0.717, 1.165) is 67.8 Å². The highest BCUT2D eigenvalue weighted by Gasteiger charge is 2.49. The van der Waals surface area contributed by atoms with Gasteiger partial charge in [-0.15, -0.1) is 0 Å². The number of nitrogens with one attached hydrogen (secondary N) is 1. The van der Waals surface area contributed by atoms with Gasteiger partial charge < -0.3 is 20.5 Å². The van der Waals surface area contributed by atoms with Gasteiger partial charge in [0.1, 0.15) is 18.1 Å². The number of methoxy groups -OCH3 is 1. The first-order chi connectivity index (χ1) is 15.4. The van der Waals surface area contributed by atoms with Crippen LogP contribution in [0.2, 0.25) is 0 Å². The fourth-order valence-corrected chi connectivity index (χ4v) is 5.41. The Kier molecular flexibility index (Phi) is 5.28. The molecular formula is C26H33N3O3. The Labute approximate surface area is 190 Å². The number of benzene rings is 2. The molecule has 1 atom stereocenters. The molecule has 5 rings (SSSR count). The Morgan fingerprint density at radius 3 is 2.62 bits per heavy atom. The lowest BCUT2D eigenvalue weighted by atomic mass is 9.79. The summed E-state index contributed by atoms with van der Waals surface area (Å²) in [7, 11) is 3.84. The Morgan fingerprint density at radius 1 is 1.22 bits per heavy atom. The zero-order valence-electron chi connectivity index (χ0n) is 19.3. The molecule has 6 heteroatoms. The maximum absolute atomic E-state index is 12.3. The van der Waals surface area contributed by atoms with Gasteiger partial charge in [-0.25, -0.2) is 0 Å². The molecule has 3 aliphatic rings. The number of carbonyl (C=O) groups excluding carboxylic acids is 1. The van der Waals surface area contributed by atoms with Gasteiger partial charge in [0.05, 0.1) is 7.11 Å². The fraction of sp³-hybridized carbons (Fsp3) is 0.500. The van der Waals surface area contributed by atoms with Crippen LogP contribution in [0.15, 0.2) is 24.3 Å². The number of amides is 1. The van der Waals surface area contributed by atoms with Gasteiger partial charge in [0.15, 0.2) is 0 Å². The maximum Gasteiger partial charge on any atom is 0.249 e. The number of fused-ring (bicyclic) bond motifs is 1. The highest BCUT2D eigenvalue weighted by atomic mass is 16.5. The molecule has 0 spiro atoms. The molecule has 1 saturated heterocycles. The van der Waals surface area contributed by atoms with Crippen molar-refractivity contribution < 1.29 is 14.3 Å². The molecule has 3 N–H and O–H groups in total. The lowest BCUT2D eigenvalue weighted by Crippen LogP contribution is -2.48. The molecule has 6 nitrogen and oxygen atoms in total. The summed E-state index contributed by atoms with van der Waals surface area (Å²) in [6.45, 7) is 4.74. The number of primary amides is 1. The molecular weight excluding hydrogens is 402 g/mol. The topological polar surface area (TPSA) is 76.8 Å². The minimum Gasteiger partial charge on any atom is -0.497 e. The first kappa shape index (κ1) is 21.1. The number of rotatable bonds is 7. The van der Waals surface area contributed by atoms with Crippen LogP contribution in [0.4, 0.5) is 5.69 Å². The third kappa shape index (κ3) is 3.51. The minimum atomic E-state index is -0.403. The smallest absolute Gasteiger partial charge is 0.249 e. The summed E-state index contributed by atoms with van der Waals surface area (Å²) in [5.41, 5.74) is 12.2. The van der Waals surface area contributed by atoms with E-state index < -0.39 is 5.91 Å². The zero-order valence-corrected chi connectivity index (χ0v) is 19.3. The van der Waals surface area contributed by atoms with Crippen LogP contribution in [0.25, 0.3) is 0 Å². The first-order valence-corrected chi connectivity index (χ1v) is 11.7. The third-order valence-electron chi connectivity index (χ3n) is 7.69. The molecule has 0 radical (unpaired) electrons. The van der Waals surface area contributed by atoms with Crippen molar-refractivity contribution in [2.75, 3.05) is 39.2 Å². The molecule has 170 valence electrons. The largest absolute Gasteiger partial charge is 0.497 e. The first-order valence-electron chi connectivity index (χ1n) is 11.7. The van der Waals surface area contributed by atoms with Gasteiger partial charge in [-0.1, -0.05) is 0 Å². The average Bonchev–Trinajstić information content (AvgIpc) is 3.59. The highest BCUT2D eigenvalue weighted by molar-refractivity contribution is 5.95. The second-order valence-corrected chi connectivity index (χ2v) is 9.56. The molecule has 1 unspecified atom stereocenters. The number of likely N-dealkylation sites (N-methyl/N-ethyl adjacent to an activating group) is 1. The van der Waals surface area contributed by atoms with E-state index in [1.165, 1.54) is 16.8 Å². The molecule has 2 fully saturated rings. The van der Waals surface area contributed by atoms with Crippen molar-refractivity contribution in [1.82, 2.24) is 4.90 Å². The number of nitrogens with zero attached hydrogens (tertiary/aromatic N) is 1. The van der Waals surface area contributed by atoms with Gasteiger partial charge in [0, 0.05) is 35.3 Å². The monoisotopic (exact) mass is 435 g/mol. The lowest BCUT2D eigenvalue weighted by Gasteiger charge is -2.37. The fourth-order valence-electron chi connectivity index (χ4n) is 5.41. The number of ether oxygens (including phenoxy) is 2. The molecule has 2 aromatic carbocycles. The number of anilines is 1. The normalized spacial score (nSPS) is 21.2. The SMILES string of the molecule is COc1cc2c(c(C3(c4cc(OCC5CCN5C)cc(C(N)=O)c4C)CC3)c1)CCCN2. The number of nitrogens with two attached hydrogens (primary N) is 1. The summed E-state index contributed by atoms with van der Waals surface area (Å²) in [4.78, 5) is 14.6. The predicted octanol–water partition coefficient (Wildman–Crippen LogP) is 3.62. The van der Waals surface area contributed by atoms with E-state index >= 15 is 0 Å². The Bertz CT molecular complexity index is 1060. The summed E-state index contributed by atoms with van der Waals surface area (Å²) < 4.78 is 11.8. The van der Waals surface area contributed by atoms with Crippen LogP contribution < -0.4 is 20.5 Å². The molecule has 0 bridgehead atoms. The second kappa shape index (κ2) is 8.00. The standard InChI is InChI=1S/C26H33N3O3/c1-16-21(25(27)30)11-19(32-15-17-6-10-29(17)2)13-22(16)26(7-8-26)23-12-18(31-3)14-24-20(23)5-4-9-28-24/h11-14,17,28H,4-10,15H2,1-3H3,(H2,27,30). The van der Waals surface area contributed by atoms with E-state index in [2.05, 4.69) is 35.5 Å². The summed E-state index contributed by atoms with van der Waals surface area (Å²) in [6, 6.07) is 8.69. The zero-order chi connectivity index (χ0) is 22.5. The molecule has 1 amide bonds. The van der Waals surface area contributed by atoms with E-state index in [1.54, 1.807) is 7.11 Å². The van der Waals surface area contributed by atoms with Crippen LogP contribution in [-0.2, 0) is 11.8 Å². The highest BCUT2D eigenvalue weighted by Crippen LogP contribution is 2.58. The molecule has 1 saturated carbocycles. The van der Waals surface area contributed by atoms with Crippen molar-refractivity contribution >= 4 is 11.6 Å². The Hall–Kier alpha value is -2.73. The van der Waals surface area contributed by atoms with Gasteiger partial charge in [-0.05, 0) is 93.1 Å². The van der Waals surface area contributed by atoms with Crippen molar-refractivity contribution in [2.24, 2.45) is 5.73 Å². The summed E-state index contributed by atoms with van der Waals surface area (Å²) in [5, 5.41) is 3.55. The quantitative estimate of drug-likeness (QED) is 0.695. The van der Waals surface area contributed by atoms with Crippen LogP contribution in [0.3, 0.4) is 0 Å². The molecule has 32 heavy (non-hydrogen) atoms. The summed E-state index contributed by atoms with van der Waals surface area (Å²) >= 11 is 0. The van der Waals surface area contributed by atoms with Crippen molar-refractivity contribution in [2.45, 2.75) is 50.5 Å². The van der Waals surface area contributed by atoms with Crippen molar-refractivity contribution in [1.29, 1.82) is 0 Å². The Balaban J connectivity index is 1.58. The average molecular weight is 436 g/mol. The number of likely N-dealkylation sites (tertiary alicyclic amines) is 1. The van der Waals surface area contributed by atoms with E-state index in [9.17, 15) is 4.79 Å². The third-order valence-corrected chi connectivity index (χ3v) is 7.69.